The van der Waals surface area contributed by atoms with Gasteiger partial charge in [0.15, 0.2) is 0 Å². The lowest BCUT2D eigenvalue weighted by atomic mass is 9.96. The average molecular weight is 215 g/mol. The van der Waals surface area contributed by atoms with Gasteiger partial charge in [-0.3, -0.25) is 4.98 Å². The van der Waals surface area contributed by atoms with Crippen molar-refractivity contribution in [3.8, 4) is 11.3 Å². The van der Waals surface area contributed by atoms with Gasteiger partial charge in [-0.1, -0.05) is 35.6 Å². The van der Waals surface area contributed by atoms with Gasteiger partial charge in [-0.25, -0.2) is 0 Å². The number of halogens is 1. The minimum atomic E-state index is 0.755. The Kier molecular flexibility index (Phi) is 3.07. The van der Waals surface area contributed by atoms with Gasteiger partial charge in [0.2, 0.25) is 0 Å². The first kappa shape index (κ1) is 10.2. The Balaban J connectivity index is 2.40. The van der Waals surface area contributed by atoms with Crippen molar-refractivity contribution in [2.75, 3.05) is 0 Å². The van der Waals surface area contributed by atoms with E-state index in [4.69, 9.17) is 11.6 Å². The quantitative estimate of drug-likeness (QED) is 0.702. The standard InChI is InChI=1S/C12H11BClN/c13-8-9-5-6-15-12(7-9)10-1-3-11(14)4-2-10/h1-7H,8,13H2. The number of pyridine rings is 1. The molecule has 3 heteroatoms. The smallest absolute Gasteiger partial charge is 0.107 e. The zero-order valence-electron chi connectivity index (χ0n) is 8.57. The van der Waals surface area contributed by atoms with Crippen LogP contribution >= 0.6 is 11.6 Å². The fourth-order valence-corrected chi connectivity index (χ4v) is 1.60. The van der Waals surface area contributed by atoms with Crippen molar-refractivity contribution >= 4 is 19.4 Å². The van der Waals surface area contributed by atoms with E-state index in [1.54, 1.807) is 0 Å². The fourth-order valence-electron chi connectivity index (χ4n) is 1.47. The van der Waals surface area contributed by atoms with E-state index in [-0.39, 0.29) is 0 Å². The van der Waals surface area contributed by atoms with E-state index in [0.717, 1.165) is 22.6 Å². The summed E-state index contributed by atoms with van der Waals surface area (Å²) in [5, 5.41) is 0.755. The molecule has 0 spiro atoms. The Morgan fingerprint density at radius 3 is 2.53 bits per heavy atom. The van der Waals surface area contributed by atoms with Crippen molar-refractivity contribution < 1.29 is 0 Å². The van der Waals surface area contributed by atoms with Crippen LogP contribution in [0.5, 0.6) is 0 Å². The van der Waals surface area contributed by atoms with Crippen LogP contribution < -0.4 is 0 Å². The summed E-state index contributed by atoms with van der Waals surface area (Å²) in [7, 11) is 2.14. The first-order valence-corrected chi connectivity index (χ1v) is 5.38. The molecule has 0 amide bonds. The van der Waals surface area contributed by atoms with Crippen LogP contribution in [0.2, 0.25) is 5.02 Å². The zero-order chi connectivity index (χ0) is 10.7. The monoisotopic (exact) mass is 215 g/mol. The molecule has 1 nitrogen and oxygen atoms in total. The lowest BCUT2D eigenvalue weighted by molar-refractivity contribution is 1.27. The highest BCUT2D eigenvalue weighted by Gasteiger charge is 1.99. The van der Waals surface area contributed by atoms with Crippen LogP contribution in [0.15, 0.2) is 42.6 Å². The molecule has 0 unspecified atom stereocenters. The largest absolute Gasteiger partial charge is 0.256 e. The molecular formula is C12H11BClN. The van der Waals surface area contributed by atoms with Crippen molar-refractivity contribution in [3.05, 3.63) is 53.2 Å². The molecule has 0 fully saturated rings. The third-order valence-electron chi connectivity index (χ3n) is 2.37. The second-order valence-electron chi connectivity index (χ2n) is 3.41. The Hall–Kier alpha value is -1.28. The van der Waals surface area contributed by atoms with Crippen molar-refractivity contribution in [2.45, 2.75) is 6.32 Å². The molecular weight excluding hydrogens is 204 g/mol. The second kappa shape index (κ2) is 4.50. The molecule has 0 radical (unpaired) electrons. The topological polar surface area (TPSA) is 12.9 Å². The van der Waals surface area contributed by atoms with Crippen LogP contribution in [-0.2, 0) is 6.32 Å². The summed E-state index contributed by atoms with van der Waals surface area (Å²) < 4.78 is 0. The van der Waals surface area contributed by atoms with E-state index >= 15 is 0 Å². The van der Waals surface area contributed by atoms with Crippen LogP contribution in [0.4, 0.5) is 0 Å². The first-order valence-electron chi connectivity index (χ1n) is 5.00. The maximum absolute atomic E-state index is 5.84. The summed E-state index contributed by atoms with van der Waals surface area (Å²) in [6.07, 6.45) is 2.88. The molecule has 0 saturated heterocycles. The highest BCUT2D eigenvalue weighted by Crippen LogP contribution is 2.20. The third-order valence-corrected chi connectivity index (χ3v) is 2.62. The number of hydrogen-bond donors (Lipinski definition) is 0. The summed E-state index contributed by atoms with van der Waals surface area (Å²) >= 11 is 5.84. The van der Waals surface area contributed by atoms with E-state index in [0.29, 0.717) is 0 Å². The number of aromatic nitrogens is 1. The molecule has 1 aromatic heterocycles. The Morgan fingerprint density at radius 2 is 1.87 bits per heavy atom. The minimum absolute atomic E-state index is 0.755. The Bertz CT molecular complexity index is 453. The zero-order valence-corrected chi connectivity index (χ0v) is 9.33. The lowest BCUT2D eigenvalue weighted by Gasteiger charge is -2.02. The molecule has 2 rings (SSSR count). The lowest BCUT2D eigenvalue weighted by Crippen LogP contribution is -1.88. The normalized spacial score (nSPS) is 10.2. The molecule has 0 N–H and O–H groups in total. The maximum atomic E-state index is 5.84. The number of hydrogen-bond acceptors (Lipinski definition) is 1. The molecule has 0 aliphatic heterocycles. The SMILES string of the molecule is BCc1ccnc(-c2ccc(Cl)cc2)c1. The Labute approximate surface area is 95.5 Å². The molecule has 0 atom stereocenters. The maximum Gasteiger partial charge on any atom is 0.107 e. The van der Waals surface area contributed by atoms with Gasteiger partial charge in [0.05, 0.1) is 5.69 Å². The number of rotatable bonds is 2. The van der Waals surface area contributed by atoms with Crippen LogP contribution in [0.1, 0.15) is 5.56 Å². The average Bonchev–Trinajstić information content (AvgIpc) is 2.30. The molecule has 0 bridgehead atoms. The third kappa shape index (κ3) is 2.39. The van der Waals surface area contributed by atoms with E-state index < -0.39 is 0 Å². The summed E-state index contributed by atoms with van der Waals surface area (Å²) in [4.78, 5) is 4.34. The van der Waals surface area contributed by atoms with E-state index in [1.165, 1.54) is 5.56 Å². The van der Waals surface area contributed by atoms with Crippen LogP contribution in [0.25, 0.3) is 11.3 Å². The predicted octanol–water partition coefficient (Wildman–Crippen LogP) is 2.54. The summed E-state index contributed by atoms with van der Waals surface area (Å²) in [5.41, 5.74) is 3.41. The predicted molar refractivity (Wildman–Crippen MR) is 66.9 cm³/mol. The van der Waals surface area contributed by atoms with Gasteiger partial charge < -0.3 is 0 Å². The van der Waals surface area contributed by atoms with Gasteiger partial charge in [0.1, 0.15) is 7.85 Å². The summed E-state index contributed by atoms with van der Waals surface area (Å²) in [6.45, 7) is 0. The molecule has 1 aromatic carbocycles. The second-order valence-corrected chi connectivity index (χ2v) is 3.85. The van der Waals surface area contributed by atoms with Gasteiger partial charge in [-0.05, 0) is 24.3 Å². The highest BCUT2D eigenvalue weighted by molar-refractivity contribution is 6.30. The van der Waals surface area contributed by atoms with Crippen LogP contribution in [0.3, 0.4) is 0 Å². The first-order chi connectivity index (χ1) is 7.29. The number of benzene rings is 1. The Morgan fingerprint density at radius 1 is 1.13 bits per heavy atom. The molecule has 0 saturated carbocycles. The molecule has 74 valence electrons. The molecule has 2 aromatic rings. The molecule has 15 heavy (non-hydrogen) atoms. The van der Waals surface area contributed by atoms with Gasteiger partial charge in [-0.15, -0.1) is 0 Å². The van der Waals surface area contributed by atoms with Gasteiger partial charge in [-0.2, -0.15) is 0 Å². The van der Waals surface area contributed by atoms with Crippen molar-refractivity contribution in [1.29, 1.82) is 0 Å². The molecule has 0 aliphatic rings. The highest BCUT2D eigenvalue weighted by atomic mass is 35.5. The van der Waals surface area contributed by atoms with Crippen LogP contribution in [0, 0.1) is 0 Å². The van der Waals surface area contributed by atoms with Crippen LogP contribution in [-0.4, -0.2) is 12.8 Å². The van der Waals surface area contributed by atoms with Gasteiger partial charge in [0.25, 0.3) is 0 Å². The van der Waals surface area contributed by atoms with Gasteiger partial charge >= 0.3 is 0 Å². The van der Waals surface area contributed by atoms with Gasteiger partial charge in [0, 0.05) is 16.8 Å². The van der Waals surface area contributed by atoms with Crippen molar-refractivity contribution in [1.82, 2.24) is 4.98 Å². The van der Waals surface area contributed by atoms with E-state index in [1.807, 2.05) is 36.5 Å². The van der Waals surface area contributed by atoms with Crippen molar-refractivity contribution in [3.63, 3.8) is 0 Å². The fraction of sp³-hybridized carbons (Fsp3) is 0.0833. The van der Waals surface area contributed by atoms with E-state index in [2.05, 4.69) is 18.9 Å². The van der Waals surface area contributed by atoms with E-state index in [9.17, 15) is 0 Å². The summed E-state index contributed by atoms with van der Waals surface area (Å²) in [5.74, 6) is 0. The molecule has 0 aliphatic carbocycles. The number of nitrogens with zero attached hydrogens (tertiary/aromatic N) is 1. The van der Waals surface area contributed by atoms with Crippen molar-refractivity contribution in [2.24, 2.45) is 0 Å². The molecule has 1 heterocycles. The summed E-state index contributed by atoms with van der Waals surface area (Å²) in [6, 6.07) is 11.9. The minimum Gasteiger partial charge on any atom is -0.256 e.